The van der Waals surface area contributed by atoms with Gasteiger partial charge in [-0.05, 0) is 43.2 Å². The Morgan fingerprint density at radius 2 is 1.94 bits per heavy atom. The van der Waals surface area contributed by atoms with Crippen molar-refractivity contribution in [1.29, 1.82) is 5.26 Å². The minimum absolute atomic E-state index is 0.794. The average molecular weight is 226 g/mol. The third kappa shape index (κ3) is 2.68. The van der Waals surface area contributed by atoms with Crippen LogP contribution in [0.5, 0.6) is 0 Å². The average Bonchev–Trinajstić information content (AvgIpc) is 3.21. The number of nitrogens with zero attached hydrogens (tertiary/aromatic N) is 2. The summed E-state index contributed by atoms with van der Waals surface area (Å²) in [5, 5.41) is 9.11. The lowest BCUT2D eigenvalue weighted by atomic mass is 10.1. The summed E-state index contributed by atoms with van der Waals surface area (Å²) in [6.07, 6.45) is 5.51. The molecule has 2 heteroatoms. The molecule has 2 aliphatic carbocycles. The highest BCUT2D eigenvalue weighted by Gasteiger charge is 2.33. The Balaban J connectivity index is 1.72. The lowest BCUT2D eigenvalue weighted by Gasteiger charge is -2.22. The van der Waals surface area contributed by atoms with Crippen molar-refractivity contribution in [3.8, 4) is 6.07 Å². The highest BCUT2D eigenvalue weighted by molar-refractivity contribution is 5.37. The zero-order valence-corrected chi connectivity index (χ0v) is 10.1. The molecule has 0 radical (unpaired) electrons. The predicted molar refractivity (Wildman–Crippen MR) is 67.3 cm³/mol. The monoisotopic (exact) mass is 226 g/mol. The smallest absolute Gasteiger partial charge is 0.0995 e. The molecule has 3 rings (SSSR count). The molecule has 0 bridgehead atoms. The van der Waals surface area contributed by atoms with Crippen LogP contribution in [-0.4, -0.2) is 17.5 Å². The SMILES string of the molecule is N#Cc1ccccc1CN(CC1CC1)C1CC1. The summed E-state index contributed by atoms with van der Waals surface area (Å²) in [4.78, 5) is 2.59. The maximum atomic E-state index is 9.11. The van der Waals surface area contributed by atoms with Gasteiger partial charge in [-0.3, -0.25) is 4.90 Å². The normalized spacial score (nSPS) is 19.3. The van der Waals surface area contributed by atoms with E-state index in [1.54, 1.807) is 0 Å². The van der Waals surface area contributed by atoms with Crippen LogP contribution < -0.4 is 0 Å². The molecular weight excluding hydrogens is 208 g/mol. The molecule has 2 fully saturated rings. The Labute approximate surface area is 103 Å². The lowest BCUT2D eigenvalue weighted by molar-refractivity contribution is 0.244. The van der Waals surface area contributed by atoms with Gasteiger partial charge in [0.1, 0.15) is 0 Å². The van der Waals surface area contributed by atoms with E-state index in [4.69, 9.17) is 5.26 Å². The van der Waals surface area contributed by atoms with Crippen LogP contribution in [0.1, 0.15) is 36.8 Å². The summed E-state index contributed by atoms with van der Waals surface area (Å²) in [5.74, 6) is 0.935. The van der Waals surface area contributed by atoms with Crippen molar-refractivity contribution in [1.82, 2.24) is 4.90 Å². The predicted octanol–water partition coefficient (Wildman–Crippen LogP) is 2.93. The highest BCUT2D eigenvalue weighted by atomic mass is 15.2. The van der Waals surface area contributed by atoms with Gasteiger partial charge in [0.2, 0.25) is 0 Å². The first-order valence-corrected chi connectivity index (χ1v) is 6.59. The van der Waals surface area contributed by atoms with Crippen molar-refractivity contribution in [2.24, 2.45) is 5.92 Å². The van der Waals surface area contributed by atoms with Gasteiger partial charge < -0.3 is 0 Å². The summed E-state index contributed by atoms with van der Waals surface area (Å²) >= 11 is 0. The van der Waals surface area contributed by atoms with Gasteiger partial charge in [0.15, 0.2) is 0 Å². The first-order chi connectivity index (χ1) is 8.36. The fourth-order valence-electron chi connectivity index (χ4n) is 2.40. The molecule has 0 saturated heterocycles. The third-order valence-electron chi connectivity index (χ3n) is 3.76. The van der Waals surface area contributed by atoms with Gasteiger partial charge in [0, 0.05) is 19.1 Å². The van der Waals surface area contributed by atoms with E-state index in [-0.39, 0.29) is 0 Å². The molecule has 0 spiro atoms. The number of hydrogen-bond acceptors (Lipinski definition) is 2. The van der Waals surface area contributed by atoms with E-state index in [0.717, 1.165) is 24.1 Å². The van der Waals surface area contributed by atoms with Crippen molar-refractivity contribution in [3.05, 3.63) is 35.4 Å². The Bertz CT molecular complexity index is 438. The van der Waals surface area contributed by atoms with Crippen molar-refractivity contribution >= 4 is 0 Å². The van der Waals surface area contributed by atoms with Crippen LogP contribution in [0.4, 0.5) is 0 Å². The number of hydrogen-bond donors (Lipinski definition) is 0. The van der Waals surface area contributed by atoms with Crippen molar-refractivity contribution < 1.29 is 0 Å². The van der Waals surface area contributed by atoms with Gasteiger partial charge >= 0.3 is 0 Å². The second-order valence-electron chi connectivity index (χ2n) is 5.37. The van der Waals surface area contributed by atoms with Crippen molar-refractivity contribution in [2.75, 3.05) is 6.54 Å². The Kier molecular flexibility index (Phi) is 2.86. The van der Waals surface area contributed by atoms with E-state index >= 15 is 0 Å². The first kappa shape index (κ1) is 10.8. The van der Waals surface area contributed by atoms with Gasteiger partial charge in [0.25, 0.3) is 0 Å². The van der Waals surface area contributed by atoms with Gasteiger partial charge in [-0.15, -0.1) is 0 Å². The number of benzene rings is 1. The number of nitriles is 1. The molecule has 2 aliphatic rings. The van der Waals surface area contributed by atoms with E-state index in [9.17, 15) is 0 Å². The molecule has 2 nitrogen and oxygen atoms in total. The molecule has 0 N–H and O–H groups in total. The Morgan fingerprint density at radius 1 is 1.18 bits per heavy atom. The molecule has 1 aromatic carbocycles. The van der Waals surface area contributed by atoms with E-state index < -0.39 is 0 Å². The summed E-state index contributed by atoms with van der Waals surface area (Å²) in [6.45, 7) is 2.20. The second kappa shape index (κ2) is 4.50. The second-order valence-corrected chi connectivity index (χ2v) is 5.37. The molecule has 17 heavy (non-hydrogen) atoms. The molecule has 88 valence electrons. The maximum absolute atomic E-state index is 9.11. The minimum atomic E-state index is 0.794. The third-order valence-corrected chi connectivity index (χ3v) is 3.76. The maximum Gasteiger partial charge on any atom is 0.0995 e. The van der Waals surface area contributed by atoms with E-state index in [2.05, 4.69) is 17.0 Å². The van der Waals surface area contributed by atoms with E-state index in [1.807, 2.05) is 18.2 Å². The Morgan fingerprint density at radius 3 is 2.59 bits per heavy atom. The van der Waals surface area contributed by atoms with Crippen molar-refractivity contribution in [3.63, 3.8) is 0 Å². The van der Waals surface area contributed by atoms with E-state index in [1.165, 1.54) is 37.8 Å². The van der Waals surface area contributed by atoms with Crippen LogP contribution in [0.3, 0.4) is 0 Å². The van der Waals surface area contributed by atoms with Gasteiger partial charge in [0.05, 0.1) is 11.6 Å². The summed E-state index contributed by atoms with van der Waals surface area (Å²) in [5.41, 5.74) is 2.04. The topological polar surface area (TPSA) is 27.0 Å². The summed E-state index contributed by atoms with van der Waals surface area (Å²) in [6, 6.07) is 11.1. The minimum Gasteiger partial charge on any atom is -0.296 e. The van der Waals surface area contributed by atoms with Crippen LogP contribution in [0.25, 0.3) is 0 Å². The van der Waals surface area contributed by atoms with Gasteiger partial charge in [-0.1, -0.05) is 18.2 Å². The molecule has 2 saturated carbocycles. The summed E-state index contributed by atoms with van der Waals surface area (Å²) in [7, 11) is 0. The number of rotatable bonds is 5. The molecule has 0 unspecified atom stereocenters. The van der Waals surface area contributed by atoms with Gasteiger partial charge in [-0.25, -0.2) is 0 Å². The molecule has 1 aromatic rings. The molecular formula is C15H18N2. The Hall–Kier alpha value is -1.33. The molecule has 0 atom stereocenters. The molecule has 0 heterocycles. The molecule has 0 amide bonds. The van der Waals surface area contributed by atoms with Crippen LogP contribution in [0.2, 0.25) is 0 Å². The van der Waals surface area contributed by atoms with Crippen LogP contribution >= 0.6 is 0 Å². The fraction of sp³-hybridized carbons (Fsp3) is 0.533. The standard InChI is InChI=1S/C15H18N2/c16-9-13-3-1-2-4-14(13)11-17(15-7-8-15)10-12-5-6-12/h1-4,12,15H,5-8,10-11H2. The largest absolute Gasteiger partial charge is 0.296 e. The van der Waals surface area contributed by atoms with Crippen LogP contribution in [0.15, 0.2) is 24.3 Å². The van der Waals surface area contributed by atoms with Crippen LogP contribution in [-0.2, 0) is 6.54 Å². The van der Waals surface area contributed by atoms with Crippen LogP contribution in [0, 0.1) is 17.2 Å². The van der Waals surface area contributed by atoms with Crippen molar-refractivity contribution in [2.45, 2.75) is 38.3 Å². The lowest BCUT2D eigenvalue weighted by Crippen LogP contribution is -2.28. The zero-order chi connectivity index (χ0) is 11.7. The summed E-state index contributed by atoms with van der Waals surface area (Å²) < 4.78 is 0. The quantitative estimate of drug-likeness (QED) is 0.772. The molecule has 0 aromatic heterocycles. The fourth-order valence-corrected chi connectivity index (χ4v) is 2.40. The van der Waals surface area contributed by atoms with Gasteiger partial charge in [-0.2, -0.15) is 5.26 Å². The zero-order valence-electron chi connectivity index (χ0n) is 10.1. The van der Waals surface area contributed by atoms with E-state index in [0.29, 0.717) is 0 Å². The highest BCUT2D eigenvalue weighted by Crippen LogP contribution is 2.35. The molecule has 0 aliphatic heterocycles. The first-order valence-electron chi connectivity index (χ1n) is 6.59.